The van der Waals surface area contributed by atoms with Gasteiger partial charge < -0.3 is 10.6 Å². The van der Waals surface area contributed by atoms with Crippen LogP contribution in [0.2, 0.25) is 5.02 Å². The zero-order chi connectivity index (χ0) is 15.1. The lowest BCUT2D eigenvalue weighted by Gasteiger charge is -2.34. The van der Waals surface area contributed by atoms with Crippen LogP contribution in [0.4, 0.5) is 0 Å². The molecule has 4 heteroatoms. The Morgan fingerprint density at radius 3 is 2.20 bits per heavy atom. The first-order valence-electron chi connectivity index (χ1n) is 7.35. The first-order valence-corrected chi connectivity index (χ1v) is 7.73. The Hall–Kier alpha value is -0.610. The Morgan fingerprint density at radius 2 is 1.75 bits per heavy atom. The summed E-state index contributed by atoms with van der Waals surface area (Å²) in [7, 11) is 4.22. The quantitative estimate of drug-likeness (QED) is 0.800. The van der Waals surface area contributed by atoms with Gasteiger partial charge >= 0.3 is 0 Å². The van der Waals surface area contributed by atoms with Crippen LogP contribution in [-0.4, -0.2) is 49.6 Å². The first-order chi connectivity index (χ1) is 9.45. The van der Waals surface area contributed by atoms with Gasteiger partial charge in [-0.25, -0.2) is 0 Å². The van der Waals surface area contributed by atoms with E-state index in [0.29, 0.717) is 0 Å². The molecule has 0 heterocycles. The van der Waals surface area contributed by atoms with Gasteiger partial charge in [0.05, 0.1) is 0 Å². The van der Waals surface area contributed by atoms with Crippen molar-refractivity contribution in [2.75, 3.05) is 33.7 Å². The third-order valence-electron chi connectivity index (χ3n) is 3.56. The van der Waals surface area contributed by atoms with Crippen LogP contribution in [0.15, 0.2) is 24.3 Å². The molecule has 0 aliphatic heterocycles. The Morgan fingerprint density at radius 1 is 1.15 bits per heavy atom. The predicted octanol–water partition coefficient (Wildman–Crippen LogP) is 3.00. The van der Waals surface area contributed by atoms with Gasteiger partial charge in [0, 0.05) is 23.7 Å². The van der Waals surface area contributed by atoms with Crippen LogP contribution >= 0.6 is 11.6 Å². The van der Waals surface area contributed by atoms with Gasteiger partial charge in [0.15, 0.2) is 0 Å². The minimum Gasteiger partial charge on any atom is -0.326 e. The first kappa shape index (κ1) is 17.4. The van der Waals surface area contributed by atoms with Gasteiger partial charge in [0.25, 0.3) is 0 Å². The summed E-state index contributed by atoms with van der Waals surface area (Å²) in [6.07, 6.45) is 1.15. The van der Waals surface area contributed by atoms with Crippen LogP contribution in [0, 0.1) is 0 Å². The topological polar surface area (TPSA) is 32.5 Å². The number of hydrogen-bond acceptors (Lipinski definition) is 3. The molecular formula is C16H28ClN3. The van der Waals surface area contributed by atoms with Crippen molar-refractivity contribution >= 4 is 11.6 Å². The number of nitrogens with two attached hydrogens (primary N) is 1. The van der Waals surface area contributed by atoms with Crippen LogP contribution in [-0.2, 0) is 0 Å². The molecule has 2 atom stereocenters. The zero-order valence-electron chi connectivity index (χ0n) is 13.1. The smallest absolute Gasteiger partial charge is 0.0496 e. The molecule has 0 amide bonds. The number of rotatable bonds is 8. The molecule has 1 rings (SSSR count). The molecule has 0 aliphatic carbocycles. The fourth-order valence-electron chi connectivity index (χ4n) is 2.59. The normalized spacial score (nSPS) is 14.8. The summed E-state index contributed by atoms with van der Waals surface area (Å²) >= 11 is 5.98. The maximum absolute atomic E-state index is 6.23. The van der Waals surface area contributed by atoms with E-state index >= 15 is 0 Å². The van der Waals surface area contributed by atoms with Gasteiger partial charge in [0.1, 0.15) is 0 Å². The van der Waals surface area contributed by atoms with Crippen LogP contribution in [0.3, 0.4) is 0 Å². The van der Waals surface area contributed by atoms with Crippen LogP contribution < -0.4 is 5.73 Å². The lowest BCUT2D eigenvalue weighted by Crippen LogP contribution is -2.40. The second-order valence-corrected chi connectivity index (χ2v) is 6.08. The Balaban J connectivity index is 2.78. The van der Waals surface area contributed by atoms with E-state index in [1.54, 1.807) is 0 Å². The number of likely N-dealkylation sites (N-methyl/N-ethyl adjacent to an activating group) is 1. The minimum absolute atomic E-state index is 0.0930. The van der Waals surface area contributed by atoms with Crippen molar-refractivity contribution in [2.24, 2.45) is 5.73 Å². The van der Waals surface area contributed by atoms with Gasteiger partial charge in [-0.15, -0.1) is 0 Å². The van der Waals surface area contributed by atoms with E-state index in [9.17, 15) is 0 Å². The summed E-state index contributed by atoms with van der Waals surface area (Å²) in [4.78, 5) is 4.68. The zero-order valence-corrected chi connectivity index (χ0v) is 13.9. The van der Waals surface area contributed by atoms with Crippen molar-refractivity contribution in [3.8, 4) is 0 Å². The molecule has 2 N–H and O–H groups in total. The molecule has 20 heavy (non-hydrogen) atoms. The Kier molecular flexibility index (Phi) is 7.52. The highest BCUT2D eigenvalue weighted by molar-refractivity contribution is 6.30. The van der Waals surface area contributed by atoms with Gasteiger partial charge in [-0.1, -0.05) is 30.7 Å². The lowest BCUT2D eigenvalue weighted by molar-refractivity contribution is 0.177. The fraction of sp³-hybridized carbons (Fsp3) is 0.625. The third kappa shape index (κ3) is 5.41. The molecule has 2 unspecified atom stereocenters. The van der Waals surface area contributed by atoms with E-state index in [-0.39, 0.29) is 12.1 Å². The highest BCUT2D eigenvalue weighted by atomic mass is 35.5. The second-order valence-electron chi connectivity index (χ2n) is 5.64. The van der Waals surface area contributed by atoms with Gasteiger partial charge in [-0.2, -0.15) is 0 Å². The van der Waals surface area contributed by atoms with Crippen LogP contribution in [0.25, 0.3) is 0 Å². The molecule has 0 aromatic heterocycles. The molecule has 1 aromatic rings. The van der Waals surface area contributed by atoms with Crippen molar-refractivity contribution in [2.45, 2.75) is 32.4 Å². The van der Waals surface area contributed by atoms with Gasteiger partial charge in [-0.3, -0.25) is 4.90 Å². The Labute approximate surface area is 128 Å². The van der Waals surface area contributed by atoms with E-state index in [2.05, 4.69) is 49.9 Å². The average molecular weight is 298 g/mol. The van der Waals surface area contributed by atoms with E-state index in [1.807, 2.05) is 12.1 Å². The average Bonchev–Trinajstić information content (AvgIpc) is 2.38. The van der Waals surface area contributed by atoms with Crippen molar-refractivity contribution < 1.29 is 0 Å². The SMILES string of the molecule is CCN(CCCN(C)C)C(c1ccc(Cl)cc1)C(C)N. The van der Waals surface area contributed by atoms with Crippen LogP contribution in [0.1, 0.15) is 31.9 Å². The van der Waals surface area contributed by atoms with Crippen molar-refractivity contribution in [1.82, 2.24) is 9.80 Å². The fourth-order valence-corrected chi connectivity index (χ4v) is 2.72. The number of hydrogen-bond donors (Lipinski definition) is 1. The number of nitrogens with zero attached hydrogens (tertiary/aromatic N) is 2. The van der Waals surface area contributed by atoms with E-state index in [1.165, 1.54) is 5.56 Å². The molecule has 0 saturated heterocycles. The van der Waals surface area contributed by atoms with E-state index in [4.69, 9.17) is 17.3 Å². The highest BCUT2D eigenvalue weighted by Crippen LogP contribution is 2.25. The summed E-state index contributed by atoms with van der Waals surface area (Å²) < 4.78 is 0. The number of halogens is 1. The Bertz CT molecular complexity index is 376. The molecular weight excluding hydrogens is 270 g/mol. The minimum atomic E-state index is 0.0930. The van der Waals surface area contributed by atoms with Crippen molar-refractivity contribution in [1.29, 1.82) is 0 Å². The molecule has 0 fully saturated rings. The highest BCUT2D eigenvalue weighted by Gasteiger charge is 2.22. The van der Waals surface area contributed by atoms with Crippen molar-refractivity contribution in [3.63, 3.8) is 0 Å². The molecule has 3 nitrogen and oxygen atoms in total. The summed E-state index contributed by atoms with van der Waals surface area (Å²) in [6.45, 7) is 7.43. The molecule has 0 bridgehead atoms. The monoisotopic (exact) mass is 297 g/mol. The maximum Gasteiger partial charge on any atom is 0.0496 e. The summed E-state index contributed by atoms with van der Waals surface area (Å²) in [6, 6.07) is 8.41. The lowest BCUT2D eigenvalue weighted by atomic mass is 9.99. The molecule has 1 aromatic carbocycles. The molecule has 0 saturated carbocycles. The van der Waals surface area contributed by atoms with E-state index < -0.39 is 0 Å². The number of benzene rings is 1. The summed E-state index contributed by atoms with van der Waals surface area (Å²) in [5.41, 5.74) is 7.48. The molecule has 0 radical (unpaired) electrons. The van der Waals surface area contributed by atoms with Gasteiger partial charge in [0.2, 0.25) is 0 Å². The largest absolute Gasteiger partial charge is 0.326 e. The maximum atomic E-state index is 6.23. The predicted molar refractivity (Wildman–Crippen MR) is 88.3 cm³/mol. The third-order valence-corrected chi connectivity index (χ3v) is 3.81. The molecule has 0 spiro atoms. The molecule has 0 aliphatic rings. The van der Waals surface area contributed by atoms with Gasteiger partial charge in [-0.05, 0) is 58.2 Å². The molecule has 114 valence electrons. The summed E-state index contributed by atoms with van der Waals surface area (Å²) in [5.74, 6) is 0. The summed E-state index contributed by atoms with van der Waals surface area (Å²) in [5, 5.41) is 0.771. The van der Waals surface area contributed by atoms with E-state index in [0.717, 1.165) is 31.1 Å². The second kappa shape index (κ2) is 8.63. The standard InChI is InChI=1S/C16H28ClN3/c1-5-20(12-6-11-19(3)4)16(13(2)18)14-7-9-15(17)10-8-14/h7-10,13,16H,5-6,11-12,18H2,1-4H3. The van der Waals surface area contributed by atoms with Crippen LogP contribution in [0.5, 0.6) is 0 Å². The van der Waals surface area contributed by atoms with Crippen molar-refractivity contribution in [3.05, 3.63) is 34.9 Å².